The molecule has 1 rings (SSSR count). The Bertz CT molecular complexity index is 350. The van der Waals surface area contributed by atoms with Crippen molar-refractivity contribution in [1.82, 2.24) is 0 Å². The Hall–Kier alpha value is -1.22. The second-order valence-corrected chi connectivity index (χ2v) is 3.45. The Kier molecular flexibility index (Phi) is 4.43. The summed E-state index contributed by atoms with van der Waals surface area (Å²) in [5, 5.41) is 0.626. The summed E-state index contributed by atoms with van der Waals surface area (Å²) < 4.78 is 9.85. The van der Waals surface area contributed by atoms with Gasteiger partial charge in [0, 0.05) is 18.4 Å². The van der Waals surface area contributed by atoms with Gasteiger partial charge in [0.05, 0.1) is 13.7 Å². The predicted octanol–water partition coefficient (Wildman–Crippen LogP) is 2.45. The van der Waals surface area contributed by atoms with Crippen molar-refractivity contribution in [3.05, 3.63) is 28.8 Å². The molecule has 0 heterocycles. The Morgan fingerprint density at radius 1 is 1.47 bits per heavy atom. The zero-order valence-electron chi connectivity index (χ0n) is 8.75. The molecule has 1 aromatic rings. The fraction of sp³-hybridized carbons (Fsp3) is 0.364. The van der Waals surface area contributed by atoms with Crippen LogP contribution in [0.15, 0.2) is 18.2 Å². The first-order valence-corrected chi connectivity index (χ1v) is 4.97. The zero-order valence-corrected chi connectivity index (χ0v) is 9.50. The molecule has 0 unspecified atom stereocenters. The molecule has 82 valence electrons. The first-order chi connectivity index (χ1) is 7.13. The average molecular weight is 229 g/mol. The molecule has 0 amide bonds. The van der Waals surface area contributed by atoms with Crippen LogP contribution in [-0.2, 0) is 16.0 Å². The fourth-order valence-electron chi connectivity index (χ4n) is 1.16. The number of hydrogen-bond acceptors (Lipinski definition) is 3. The number of carbonyl (C=O) groups is 1. The summed E-state index contributed by atoms with van der Waals surface area (Å²) in [6.45, 7) is 1.73. The third kappa shape index (κ3) is 3.80. The molecule has 0 N–H and O–H groups in total. The quantitative estimate of drug-likeness (QED) is 0.743. The maximum atomic E-state index is 10.5. The summed E-state index contributed by atoms with van der Waals surface area (Å²) in [6, 6.07) is 5.43. The van der Waals surface area contributed by atoms with E-state index >= 15 is 0 Å². The molecule has 3 nitrogen and oxygen atoms in total. The molecule has 4 heteroatoms. The van der Waals surface area contributed by atoms with Crippen molar-refractivity contribution in [2.45, 2.75) is 13.3 Å². The van der Waals surface area contributed by atoms with Crippen molar-refractivity contribution in [3.8, 4) is 5.75 Å². The Morgan fingerprint density at radius 2 is 2.20 bits per heavy atom. The SMILES string of the molecule is COc1ccc(CCOC(C)=O)c(Cl)c1. The second-order valence-electron chi connectivity index (χ2n) is 3.05. The van der Waals surface area contributed by atoms with Crippen LogP contribution in [0.5, 0.6) is 5.75 Å². The number of ether oxygens (including phenoxy) is 2. The van der Waals surface area contributed by atoms with E-state index in [1.165, 1.54) is 6.92 Å². The minimum absolute atomic E-state index is 0.278. The topological polar surface area (TPSA) is 35.5 Å². The lowest BCUT2D eigenvalue weighted by Gasteiger charge is -2.06. The van der Waals surface area contributed by atoms with E-state index in [9.17, 15) is 4.79 Å². The summed E-state index contributed by atoms with van der Waals surface area (Å²) in [4.78, 5) is 10.5. The lowest BCUT2D eigenvalue weighted by molar-refractivity contribution is -0.140. The molecule has 0 aliphatic rings. The number of hydrogen-bond donors (Lipinski definition) is 0. The molecule has 0 radical (unpaired) electrons. The Balaban J connectivity index is 2.58. The van der Waals surface area contributed by atoms with Crippen molar-refractivity contribution >= 4 is 17.6 Å². The summed E-state index contributed by atoms with van der Waals surface area (Å²) in [7, 11) is 1.59. The predicted molar refractivity (Wildman–Crippen MR) is 58.3 cm³/mol. The number of methoxy groups -OCH3 is 1. The summed E-state index contributed by atoms with van der Waals surface area (Å²) in [5.41, 5.74) is 0.943. The standard InChI is InChI=1S/C11H13ClO3/c1-8(13)15-6-5-9-3-4-10(14-2)7-11(9)12/h3-4,7H,5-6H2,1-2H3. The molecule has 0 aliphatic carbocycles. The number of rotatable bonds is 4. The van der Waals surface area contributed by atoms with Crippen molar-refractivity contribution in [2.75, 3.05) is 13.7 Å². The summed E-state index contributed by atoms with van der Waals surface area (Å²) >= 11 is 6.00. The van der Waals surface area contributed by atoms with Crippen molar-refractivity contribution in [1.29, 1.82) is 0 Å². The highest BCUT2D eigenvalue weighted by Crippen LogP contribution is 2.22. The fourth-order valence-corrected chi connectivity index (χ4v) is 1.43. The van der Waals surface area contributed by atoms with Gasteiger partial charge in [-0.3, -0.25) is 4.79 Å². The van der Waals surface area contributed by atoms with Crippen LogP contribution in [0.4, 0.5) is 0 Å². The van der Waals surface area contributed by atoms with Crippen molar-refractivity contribution < 1.29 is 14.3 Å². The van der Waals surface area contributed by atoms with Gasteiger partial charge in [-0.2, -0.15) is 0 Å². The van der Waals surface area contributed by atoms with E-state index < -0.39 is 0 Å². The van der Waals surface area contributed by atoms with Gasteiger partial charge >= 0.3 is 5.97 Å². The van der Waals surface area contributed by atoms with E-state index in [1.807, 2.05) is 12.1 Å². The van der Waals surface area contributed by atoms with Crippen LogP contribution in [0.2, 0.25) is 5.02 Å². The summed E-state index contributed by atoms with van der Waals surface area (Å²) in [5.74, 6) is 0.441. The molecule has 0 aliphatic heterocycles. The smallest absolute Gasteiger partial charge is 0.302 e. The first-order valence-electron chi connectivity index (χ1n) is 4.59. The van der Waals surface area contributed by atoms with Gasteiger partial charge in [-0.05, 0) is 17.7 Å². The van der Waals surface area contributed by atoms with Crippen LogP contribution < -0.4 is 4.74 Å². The maximum absolute atomic E-state index is 10.5. The van der Waals surface area contributed by atoms with Gasteiger partial charge < -0.3 is 9.47 Å². The molecular formula is C11H13ClO3. The molecule has 0 saturated carbocycles. The van der Waals surface area contributed by atoms with Crippen LogP contribution in [0, 0.1) is 0 Å². The van der Waals surface area contributed by atoms with E-state index in [-0.39, 0.29) is 5.97 Å². The Labute approximate surface area is 93.9 Å². The van der Waals surface area contributed by atoms with Crippen molar-refractivity contribution in [3.63, 3.8) is 0 Å². The monoisotopic (exact) mass is 228 g/mol. The van der Waals surface area contributed by atoms with Gasteiger partial charge in [0.1, 0.15) is 5.75 Å². The highest BCUT2D eigenvalue weighted by atomic mass is 35.5. The number of esters is 1. The molecule has 0 atom stereocenters. The van der Waals surface area contributed by atoms with Crippen LogP contribution in [0.25, 0.3) is 0 Å². The van der Waals surface area contributed by atoms with Crippen LogP contribution >= 0.6 is 11.6 Å². The summed E-state index contributed by atoms with van der Waals surface area (Å²) in [6.07, 6.45) is 0.613. The Morgan fingerprint density at radius 3 is 2.73 bits per heavy atom. The molecule has 15 heavy (non-hydrogen) atoms. The van der Waals surface area contributed by atoms with Gasteiger partial charge in [-0.15, -0.1) is 0 Å². The normalized spacial score (nSPS) is 9.80. The zero-order chi connectivity index (χ0) is 11.3. The molecular weight excluding hydrogens is 216 g/mol. The van der Waals surface area contributed by atoms with Gasteiger partial charge in [-0.25, -0.2) is 0 Å². The highest BCUT2D eigenvalue weighted by molar-refractivity contribution is 6.31. The van der Waals surface area contributed by atoms with Gasteiger partial charge in [0.2, 0.25) is 0 Å². The van der Waals surface area contributed by atoms with E-state index in [4.69, 9.17) is 21.1 Å². The highest BCUT2D eigenvalue weighted by Gasteiger charge is 2.03. The molecule has 0 saturated heterocycles. The number of carbonyl (C=O) groups excluding carboxylic acids is 1. The number of halogens is 1. The van der Waals surface area contributed by atoms with E-state index in [2.05, 4.69) is 0 Å². The minimum atomic E-state index is -0.278. The van der Waals surface area contributed by atoms with Crippen LogP contribution in [0.3, 0.4) is 0 Å². The van der Waals surface area contributed by atoms with Crippen LogP contribution in [0.1, 0.15) is 12.5 Å². The molecule has 1 aromatic carbocycles. The average Bonchev–Trinajstić information content (AvgIpc) is 2.20. The largest absolute Gasteiger partial charge is 0.497 e. The second kappa shape index (κ2) is 5.61. The molecule has 0 spiro atoms. The first kappa shape index (κ1) is 11.9. The molecule has 0 bridgehead atoms. The number of benzene rings is 1. The van der Waals surface area contributed by atoms with Crippen molar-refractivity contribution in [2.24, 2.45) is 0 Å². The minimum Gasteiger partial charge on any atom is -0.497 e. The maximum Gasteiger partial charge on any atom is 0.302 e. The van der Waals surface area contributed by atoms with Gasteiger partial charge in [0.25, 0.3) is 0 Å². The third-order valence-electron chi connectivity index (χ3n) is 1.94. The lowest BCUT2D eigenvalue weighted by Crippen LogP contribution is -2.03. The molecule has 0 aromatic heterocycles. The third-order valence-corrected chi connectivity index (χ3v) is 2.29. The van der Waals surface area contributed by atoms with Crippen LogP contribution in [-0.4, -0.2) is 19.7 Å². The lowest BCUT2D eigenvalue weighted by atomic mass is 10.1. The van der Waals surface area contributed by atoms with Gasteiger partial charge in [0.15, 0.2) is 0 Å². The molecule has 0 fully saturated rings. The van der Waals surface area contributed by atoms with E-state index in [0.29, 0.717) is 18.1 Å². The van der Waals surface area contributed by atoms with E-state index in [0.717, 1.165) is 11.3 Å². The van der Waals surface area contributed by atoms with Gasteiger partial charge in [-0.1, -0.05) is 17.7 Å². The van der Waals surface area contributed by atoms with E-state index in [1.54, 1.807) is 13.2 Å².